The van der Waals surface area contributed by atoms with Crippen LogP contribution < -0.4 is 0 Å². The van der Waals surface area contributed by atoms with E-state index in [0.717, 1.165) is 46.8 Å². The van der Waals surface area contributed by atoms with Crippen LogP contribution in [0.4, 0.5) is 0 Å². The summed E-state index contributed by atoms with van der Waals surface area (Å²) < 4.78 is 57.9. The van der Waals surface area contributed by atoms with Crippen LogP contribution in [-0.4, -0.2) is 131 Å². The van der Waals surface area contributed by atoms with Gasteiger partial charge in [0.2, 0.25) is 0 Å². The lowest BCUT2D eigenvalue weighted by atomic mass is 9.96. The molecule has 4 N–H and O–H groups in total. The van der Waals surface area contributed by atoms with Crippen LogP contribution in [-0.2, 0) is 82.6 Å². The number of ether oxygens (including phenoxy) is 10. The Labute approximate surface area is 337 Å². The molecule has 20 heteroatoms. The molecule has 0 aliphatic carbocycles. The van der Waals surface area contributed by atoms with Gasteiger partial charge in [-0.25, -0.2) is 4.79 Å². The molecule has 10 atom stereocenters. The Bertz CT molecular complexity index is 1880. The van der Waals surface area contributed by atoms with Crippen molar-refractivity contribution in [1.29, 1.82) is 0 Å². The second-order valence-corrected chi connectivity index (χ2v) is 13.4. The van der Waals surface area contributed by atoms with E-state index in [-0.39, 0.29) is 24.3 Å². The van der Waals surface area contributed by atoms with Gasteiger partial charge in [-0.3, -0.25) is 24.0 Å². The van der Waals surface area contributed by atoms with Crippen LogP contribution >= 0.6 is 0 Å². The molecule has 0 radical (unpaired) electrons. The molecule has 0 aromatic heterocycles. The molecule has 4 rings (SSSR count). The molecule has 0 bridgehead atoms. The lowest BCUT2D eigenvalue weighted by molar-refractivity contribution is -0.359. The molecule has 0 unspecified atom stereocenters. The zero-order chi connectivity index (χ0) is 43.6. The third-order valence-electron chi connectivity index (χ3n) is 8.65. The molecule has 20 nitrogen and oxygen atoms in total. The Morgan fingerprint density at radius 2 is 1.17 bits per heavy atom. The van der Waals surface area contributed by atoms with Gasteiger partial charge in [-0.2, -0.15) is 0 Å². The van der Waals surface area contributed by atoms with Gasteiger partial charge in [-0.15, -0.1) is 0 Å². The number of carbonyl (C=O) groups excluding carboxylic acids is 6. The van der Waals surface area contributed by atoms with Gasteiger partial charge in [-0.05, 0) is 54.8 Å². The van der Waals surface area contributed by atoms with E-state index in [2.05, 4.69) is 0 Å². The summed E-state index contributed by atoms with van der Waals surface area (Å²) in [4.78, 5) is 75.2. The van der Waals surface area contributed by atoms with Crippen LogP contribution in [0, 0.1) is 0 Å². The molecular formula is C39H46O20. The largest absolute Gasteiger partial charge is 0.504 e. The fraction of sp³-hybridized carbons (Fsp3) is 0.487. The standard InChI is InChI=1S/C39H46O20/c1-18-32(53-20(3)41)34(54-21(4)42)37(56-23(6)44)39(52-18)59-35-33(58-31(49)12-9-24-7-10-26(45)28(47)15-24)30(17-51-19(2)40)57-38(36(35)55-22(5)43)50-14-13-25-8-11-27(46)29(48)16-25/h7-12,15-16,18,30,32-39,45-48H,13-14,17H2,1-6H3/b12-9+/t18-,30+,32-,33+,34+,35-,36+,37+,38+,39-/m0/s1. The van der Waals surface area contributed by atoms with E-state index in [9.17, 15) is 49.2 Å². The molecule has 0 saturated carbocycles. The van der Waals surface area contributed by atoms with E-state index >= 15 is 0 Å². The van der Waals surface area contributed by atoms with Crippen molar-refractivity contribution in [3.8, 4) is 23.0 Å². The quantitative estimate of drug-likeness (QED) is 0.0862. The van der Waals surface area contributed by atoms with E-state index < -0.39 is 121 Å². The van der Waals surface area contributed by atoms with Crippen molar-refractivity contribution in [3.63, 3.8) is 0 Å². The highest BCUT2D eigenvalue weighted by molar-refractivity contribution is 5.87. The van der Waals surface area contributed by atoms with Gasteiger partial charge in [-0.1, -0.05) is 12.1 Å². The minimum atomic E-state index is -1.75. The van der Waals surface area contributed by atoms with E-state index in [1.807, 2.05) is 0 Å². The van der Waals surface area contributed by atoms with Crippen LogP contribution in [0.25, 0.3) is 6.08 Å². The second kappa shape index (κ2) is 20.6. The zero-order valence-electron chi connectivity index (χ0n) is 32.8. The normalized spacial score (nSPS) is 26.6. The minimum absolute atomic E-state index is 0.107. The van der Waals surface area contributed by atoms with Crippen molar-refractivity contribution in [2.24, 2.45) is 0 Å². The number of hydrogen-bond donors (Lipinski definition) is 4. The van der Waals surface area contributed by atoms with E-state index in [4.69, 9.17) is 47.4 Å². The highest BCUT2D eigenvalue weighted by atomic mass is 16.8. The maximum atomic E-state index is 13.5. The number of rotatable bonds is 15. The molecule has 2 aromatic carbocycles. The van der Waals surface area contributed by atoms with Gasteiger partial charge >= 0.3 is 35.8 Å². The molecule has 2 saturated heterocycles. The molecule has 2 aliphatic heterocycles. The predicted octanol–water partition coefficient (Wildman–Crippen LogP) is 1.84. The molecular weight excluding hydrogens is 788 g/mol. The zero-order valence-corrected chi connectivity index (χ0v) is 32.8. The molecule has 0 amide bonds. The monoisotopic (exact) mass is 834 g/mol. The molecule has 2 aromatic rings. The molecule has 2 fully saturated rings. The van der Waals surface area contributed by atoms with Crippen molar-refractivity contribution in [3.05, 3.63) is 53.6 Å². The summed E-state index contributed by atoms with van der Waals surface area (Å²) in [7, 11) is 0. The summed E-state index contributed by atoms with van der Waals surface area (Å²) in [5, 5.41) is 39.3. The van der Waals surface area contributed by atoms with Crippen LogP contribution in [0.2, 0.25) is 0 Å². The fourth-order valence-electron chi connectivity index (χ4n) is 6.19. The number of aromatic hydroxyl groups is 4. The Morgan fingerprint density at radius 1 is 0.610 bits per heavy atom. The van der Waals surface area contributed by atoms with Crippen molar-refractivity contribution < 1.29 is 96.6 Å². The van der Waals surface area contributed by atoms with Crippen LogP contribution in [0.3, 0.4) is 0 Å². The Balaban J connectivity index is 1.80. The molecule has 59 heavy (non-hydrogen) atoms. The van der Waals surface area contributed by atoms with Gasteiger partial charge in [0.15, 0.2) is 66.1 Å². The van der Waals surface area contributed by atoms with E-state index in [1.54, 1.807) is 0 Å². The second-order valence-electron chi connectivity index (χ2n) is 13.4. The Kier molecular flexibility index (Phi) is 16.0. The summed E-state index contributed by atoms with van der Waals surface area (Å²) in [6, 6.07) is 7.80. The van der Waals surface area contributed by atoms with E-state index in [1.165, 1.54) is 43.3 Å². The smallest absolute Gasteiger partial charge is 0.331 e. The van der Waals surface area contributed by atoms with Crippen LogP contribution in [0.15, 0.2) is 42.5 Å². The van der Waals surface area contributed by atoms with Crippen molar-refractivity contribution in [1.82, 2.24) is 0 Å². The summed E-state index contributed by atoms with van der Waals surface area (Å²) in [6.07, 6.45) is -13.2. The van der Waals surface area contributed by atoms with Gasteiger partial charge in [0, 0.05) is 40.7 Å². The first-order valence-corrected chi connectivity index (χ1v) is 18.1. The van der Waals surface area contributed by atoms with Gasteiger partial charge in [0.1, 0.15) is 18.8 Å². The maximum absolute atomic E-state index is 13.5. The Morgan fingerprint density at radius 3 is 1.75 bits per heavy atom. The summed E-state index contributed by atoms with van der Waals surface area (Å²) >= 11 is 0. The SMILES string of the molecule is CC(=O)OC[C@H]1O[C@@H](OCCc2ccc(O)c(O)c2)[C@H](OC(C)=O)[C@@H](O[C@@H]2O[C@@H](C)[C@H](OC(C)=O)[C@@H](OC(C)=O)[C@H]2OC(C)=O)[C@@H]1OC(=O)/C=C/c1ccc(O)c(O)c1. The highest BCUT2D eigenvalue weighted by Crippen LogP contribution is 2.36. The fourth-order valence-corrected chi connectivity index (χ4v) is 6.19. The highest BCUT2D eigenvalue weighted by Gasteiger charge is 2.57. The minimum Gasteiger partial charge on any atom is -0.504 e. The van der Waals surface area contributed by atoms with Crippen molar-refractivity contribution in [2.45, 2.75) is 109 Å². The van der Waals surface area contributed by atoms with Gasteiger partial charge in [0.05, 0.1) is 12.7 Å². The molecule has 0 spiro atoms. The van der Waals surface area contributed by atoms with Gasteiger partial charge in [0.25, 0.3) is 0 Å². The first kappa shape index (κ1) is 45.7. The average molecular weight is 835 g/mol. The number of esters is 6. The lowest BCUT2D eigenvalue weighted by Gasteiger charge is -2.48. The van der Waals surface area contributed by atoms with Gasteiger partial charge < -0.3 is 67.8 Å². The molecule has 2 heterocycles. The van der Waals surface area contributed by atoms with Crippen LogP contribution in [0.5, 0.6) is 23.0 Å². The maximum Gasteiger partial charge on any atom is 0.331 e. The van der Waals surface area contributed by atoms with Crippen LogP contribution in [0.1, 0.15) is 52.7 Å². The van der Waals surface area contributed by atoms with E-state index in [0.29, 0.717) is 5.56 Å². The number of benzene rings is 2. The average Bonchev–Trinajstić information content (AvgIpc) is 3.14. The summed E-state index contributed by atoms with van der Waals surface area (Å²) in [6.45, 7) is 6.01. The number of phenols is 4. The third kappa shape index (κ3) is 13.0. The van der Waals surface area contributed by atoms with Crippen molar-refractivity contribution >= 4 is 41.9 Å². The lowest BCUT2D eigenvalue weighted by Crippen LogP contribution is -2.66. The van der Waals surface area contributed by atoms with Crippen molar-refractivity contribution in [2.75, 3.05) is 13.2 Å². The third-order valence-corrected chi connectivity index (χ3v) is 8.65. The first-order chi connectivity index (χ1) is 27.8. The molecule has 322 valence electrons. The first-order valence-electron chi connectivity index (χ1n) is 18.1. The number of hydrogen-bond acceptors (Lipinski definition) is 20. The topological polar surface area (TPSA) is 276 Å². The summed E-state index contributed by atoms with van der Waals surface area (Å²) in [5.41, 5.74) is 0.778. The summed E-state index contributed by atoms with van der Waals surface area (Å²) in [5.74, 6) is -6.93. The number of carbonyl (C=O) groups is 6. The molecule has 2 aliphatic rings. The number of phenolic OH excluding ortho intramolecular Hbond substituents is 4. The Hall–Kier alpha value is -5.96. The predicted molar refractivity (Wildman–Crippen MR) is 195 cm³/mol.